The van der Waals surface area contributed by atoms with Crippen LogP contribution in [0.5, 0.6) is 0 Å². The van der Waals surface area contributed by atoms with Crippen LogP contribution < -0.4 is 11.1 Å². The Bertz CT molecular complexity index is 459. The molecular weight excluding hydrogens is 332 g/mol. The smallest absolute Gasteiger partial charge is 0.410 e. The molecule has 1 unspecified atom stereocenters. The molecule has 24 heavy (non-hydrogen) atoms. The fourth-order valence-corrected chi connectivity index (χ4v) is 2.79. The summed E-state index contributed by atoms with van der Waals surface area (Å²) < 4.78 is 5.33. The van der Waals surface area contributed by atoms with Gasteiger partial charge in [-0.05, 0) is 39.2 Å². The summed E-state index contributed by atoms with van der Waals surface area (Å²) in [6, 6.07) is -1.33. The predicted octanol–water partition coefficient (Wildman–Crippen LogP) is 0.856. The summed E-state index contributed by atoms with van der Waals surface area (Å²) in [7, 11) is 0. The van der Waals surface area contributed by atoms with E-state index in [1.165, 1.54) is 0 Å². The Morgan fingerprint density at radius 1 is 1.17 bits per heavy atom. The Hall–Kier alpha value is -1.64. The molecule has 8 nitrogen and oxygen atoms in total. The minimum Gasteiger partial charge on any atom is -0.444 e. The molecule has 3 N–H and O–H groups in total. The van der Waals surface area contributed by atoms with Gasteiger partial charge in [0.1, 0.15) is 11.6 Å². The molecule has 0 bridgehead atoms. The van der Waals surface area contributed by atoms with Crippen molar-refractivity contribution < 1.29 is 19.1 Å². The molecular formula is C15H28N4O4S. The van der Waals surface area contributed by atoms with Gasteiger partial charge in [-0.2, -0.15) is 11.8 Å². The molecule has 0 spiro atoms. The highest BCUT2D eigenvalue weighted by molar-refractivity contribution is 7.98. The Labute approximate surface area is 147 Å². The zero-order chi connectivity index (χ0) is 18.3. The highest BCUT2D eigenvalue weighted by atomic mass is 32.2. The van der Waals surface area contributed by atoms with Gasteiger partial charge in [0.05, 0.1) is 0 Å². The molecule has 0 radical (unpaired) electrons. The van der Waals surface area contributed by atoms with Crippen LogP contribution >= 0.6 is 11.8 Å². The fourth-order valence-electron chi connectivity index (χ4n) is 2.32. The highest BCUT2D eigenvalue weighted by Crippen LogP contribution is 2.13. The number of nitrogens with two attached hydrogens (primary N) is 1. The Morgan fingerprint density at radius 2 is 1.71 bits per heavy atom. The number of amides is 4. The topological polar surface area (TPSA) is 105 Å². The van der Waals surface area contributed by atoms with Gasteiger partial charge in [-0.25, -0.2) is 9.59 Å². The number of carbonyl (C=O) groups is 3. The first-order valence-corrected chi connectivity index (χ1v) is 9.35. The van der Waals surface area contributed by atoms with E-state index in [9.17, 15) is 14.4 Å². The number of rotatable bonds is 5. The second-order valence-electron chi connectivity index (χ2n) is 6.64. The van der Waals surface area contributed by atoms with Gasteiger partial charge >= 0.3 is 12.1 Å². The molecule has 0 saturated carbocycles. The van der Waals surface area contributed by atoms with E-state index in [2.05, 4.69) is 5.32 Å². The van der Waals surface area contributed by atoms with Crippen LogP contribution in [-0.2, 0) is 9.53 Å². The van der Waals surface area contributed by atoms with Crippen LogP contribution in [0.2, 0.25) is 0 Å². The van der Waals surface area contributed by atoms with Crippen molar-refractivity contribution in [1.29, 1.82) is 0 Å². The monoisotopic (exact) mass is 360 g/mol. The molecule has 4 amide bonds. The molecule has 0 aliphatic carbocycles. The maximum atomic E-state index is 12.6. The van der Waals surface area contributed by atoms with E-state index in [0.29, 0.717) is 32.6 Å². The standard InChI is InChI=1S/C15H28N4O4S/c1-15(2,3)23-14(22)19-8-6-18(7-9-19)12(20)11(5-10-24-4)17-13(16)21/h11H,5-10H2,1-4H3,(H3,16,17,21). The largest absolute Gasteiger partial charge is 0.444 e. The molecule has 1 rings (SSSR count). The van der Waals surface area contributed by atoms with E-state index in [4.69, 9.17) is 10.5 Å². The van der Waals surface area contributed by atoms with Crippen molar-refractivity contribution in [3.05, 3.63) is 0 Å². The van der Waals surface area contributed by atoms with Crippen LogP contribution in [0.4, 0.5) is 9.59 Å². The molecule has 0 aromatic rings. The number of primary amides is 1. The molecule has 9 heteroatoms. The third-order valence-corrected chi connectivity index (χ3v) is 4.11. The molecule has 1 heterocycles. The van der Waals surface area contributed by atoms with E-state index < -0.39 is 17.7 Å². The average molecular weight is 360 g/mol. The summed E-state index contributed by atoms with van der Waals surface area (Å²) in [4.78, 5) is 38.9. The van der Waals surface area contributed by atoms with Crippen LogP contribution in [0.15, 0.2) is 0 Å². The van der Waals surface area contributed by atoms with Crippen molar-refractivity contribution in [1.82, 2.24) is 15.1 Å². The quantitative estimate of drug-likeness (QED) is 0.756. The third-order valence-electron chi connectivity index (χ3n) is 3.47. The van der Waals surface area contributed by atoms with Crippen molar-refractivity contribution in [2.45, 2.75) is 38.8 Å². The number of thioether (sulfide) groups is 1. The van der Waals surface area contributed by atoms with E-state index in [1.54, 1.807) is 21.6 Å². The van der Waals surface area contributed by atoms with Crippen LogP contribution in [-0.4, -0.2) is 77.7 Å². The average Bonchev–Trinajstić information content (AvgIpc) is 2.49. The minimum absolute atomic E-state index is 0.160. The molecule has 1 aliphatic rings. The van der Waals surface area contributed by atoms with E-state index >= 15 is 0 Å². The van der Waals surface area contributed by atoms with Gasteiger partial charge in [0.2, 0.25) is 5.91 Å². The zero-order valence-corrected chi connectivity index (χ0v) is 15.6. The minimum atomic E-state index is -0.707. The third kappa shape index (κ3) is 6.86. The van der Waals surface area contributed by atoms with Gasteiger partial charge < -0.3 is 25.6 Å². The van der Waals surface area contributed by atoms with Crippen LogP contribution in [0.1, 0.15) is 27.2 Å². The van der Waals surface area contributed by atoms with E-state index in [0.717, 1.165) is 5.75 Å². The maximum Gasteiger partial charge on any atom is 0.410 e. The molecule has 138 valence electrons. The summed E-state index contributed by atoms with van der Waals surface area (Å²) in [5, 5.41) is 2.51. The summed E-state index contributed by atoms with van der Waals surface area (Å²) in [5.41, 5.74) is 4.61. The van der Waals surface area contributed by atoms with Crippen molar-refractivity contribution in [2.75, 3.05) is 38.2 Å². The summed E-state index contributed by atoms with van der Waals surface area (Å²) >= 11 is 1.60. The lowest BCUT2D eigenvalue weighted by Crippen LogP contribution is -2.56. The SMILES string of the molecule is CSCCC(NC(N)=O)C(=O)N1CCN(C(=O)OC(C)(C)C)CC1. The van der Waals surface area contributed by atoms with Gasteiger partial charge in [0.25, 0.3) is 0 Å². The fraction of sp³-hybridized carbons (Fsp3) is 0.800. The van der Waals surface area contributed by atoms with E-state index in [1.807, 2.05) is 27.0 Å². The lowest BCUT2D eigenvalue weighted by molar-refractivity contribution is -0.135. The summed E-state index contributed by atoms with van der Waals surface area (Å²) in [6.07, 6.45) is 2.09. The number of hydrogen-bond donors (Lipinski definition) is 2. The molecule has 1 saturated heterocycles. The maximum absolute atomic E-state index is 12.6. The Morgan fingerprint density at radius 3 is 2.17 bits per heavy atom. The predicted molar refractivity (Wildman–Crippen MR) is 93.9 cm³/mol. The number of piperazine rings is 1. The van der Waals surface area contributed by atoms with Gasteiger partial charge in [-0.15, -0.1) is 0 Å². The zero-order valence-electron chi connectivity index (χ0n) is 14.8. The van der Waals surface area contributed by atoms with Crippen molar-refractivity contribution in [3.63, 3.8) is 0 Å². The molecule has 0 aromatic carbocycles. The Balaban J connectivity index is 2.56. The highest BCUT2D eigenvalue weighted by Gasteiger charge is 2.31. The molecule has 1 fully saturated rings. The second-order valence-corrected chi connectivity index (χ2v) is 7.62. The number of carbonyl (C=O) groups excluding carboxylic acids is 3. The summed E-state index contributed by atoms with van der Waals surface area (Å²) in [5.74, 6) is 0.584. The van der Waals surface area contributed by atoms with Crippen molar-refractivity contribution in [2.24, 2.45) is 5.73 Å². The van der Waals surface area contributed by atoms with Gasteiger partial charge in [0, 0.05) is 26.2 Å². The van der Waals surface area contributed by atoms with Crippen molar-refractivity contribution in [3.8, 4) is 0 Å². The normalized spacial score (nSPS) is 16.5. The number of nitrogens with one attached hydrogen (secondary N) is 1. The number of hydrogen-bond acceptors (Lipinski definition) is 5. The number of nitrogens with zero attached hydrogens (tertiary/aromatic N) is 2. The first-order valence-electron chi connectivity index (χ1n) is 7.95. The lowest BCUT2D eigenvalue weighted by Gasteiger charge is -2.37. The van der Waals surface area contributed by atoms with Crippen LogP contribution in [0.25, 0.3) is 0 Å². The molecule has 0 aromatic heterocycles. The van der Waals surface area contributed by atoms with E-state index in [-0.39, 0.29) is 12.0 Å². The lowest BCUT2D eigenvalue weighted by atomic mass is 10.1. The van der Waals surface area contributed by atoms with Gasteiger partial charge in [-0.1, -0.05) is 0 Å². The van der Waals surface area contributed by atoms with Crippen molar-refractivity contribution >= 4 is 29.8 Å². The number of urea groups is 1. The first kappa shape index (κ1) is 20.4. The van der Waals surface area contributed by atoms with Crippen LogP contribution in [0, 0.1) is 0 Å². The molecule has 1 atom stereocenters. The number of ether oxygens (including phenoxy) is 1. The first-order chi connectivity index (χ1) is 11.1. The summed E-state index contributed by atoms with van der Waals surface area (Å²) in [6.45, 7) is 7.09. The van der Waals surface area contributed by atoms with Crippen LogP contribution in [0.3, 0.4) is 0 Å². The second kappa shape index (κ2) is 9.00. The van der Waals surface area contributed by atoms with Gasteiger partial charge in [-0.3, -0.25) is 4.79 Å². The Kier molecular flexibility index (Phi) is 7.65. The molecule has 1 aliphatic heterocycles. The van der Waals surface area contributed by atoms with Gasteiger partial charge in [0.15, 0.2) is 0 Å².